The molecule has 2 amide bonds. The van der Waals surface area contributed by atoms with Crippen LogP contribution in [0.4, 0.5) is 4.39 Å². The molecule has 0 fully saturated rings. The van der Waals surface area contributed by atoms with Crippen LogP contribution in [0.15, 0.2) is 40.8 Å². The molecule has 0 aliphatic carbocycles. The standard InChI is InChI=1S/C18H21FN2O4/c1-24-11-10-20-18(23)12-21-17(22)9-7-13-6-8-16(25-13)14-4-2-3-5-15(14)19/h2-6,8H,7,9-12H2,1H3,(H,20,23)(H,21,22). The first kappa shape index (κ1) is 18.7. The number of halogens is 1. The Balaban J connectivity index is 1.75. The number of furan rings is 1. The van der Waals surface area contributed by atoms with Gasteiger partial charge in [-0.1, -0.05) is 12.1 Å². The minimum atomic E-state index is -0.361. The Labute approximate surface area is 145 Å². The van der Waals surface area contributed by atoms with Gasteiger partial charge in [0.25, 0.3) is 0 Å². The quantitative estimate of drug-likeness (QED) is 0.678. The number of carbonyl (C=O) groups is 2. The van der Waals surface area contributed by atoms with E-state index in [1.807, 2.05) is 0 Å². The molecule has 7 heteroatoms. The molecule has 25 heavy (non-hydrogen) atoms. The van der Waals surface area contributed by atoms with Gasteiger partial charge in [0.15, 0.2) is 0 Å². The Kier molecular flexibility index (Phi) is 7.16. The molecule has 0 aliphatic rings. The fourth-order valence-electron chi connectivity index (χ4n) is 2.18. The molecule has 2 rings (SSSR count). The van der Waals surface area contributed by atoms with E-state index in [1.54, 1.807) is 37.4 Å². The van der Waals surface area contributed by atoms with E-state index in [0.717, 1.165) is 0 Å². The number of benzene rings is 1. The minimum absolute atomic E-state index is 0.0822. The summed E-state index contributed by atoms with van der Waals surface area (Å²) in [5.41, 5.74) is 0.380. The molecule has 1 aromatic carbocycles. The number of ether oxygens (including phenoxy) is 1. The Morgan fingerprint density at radius 2 is 1.92 bits per heavy atom. The summed E-state index contributed by atoms with van der Waals surface area (Å²) < 4.78 is 24.1. The van der Waals surface area contributed by atoms with Crippen LogP contribution in [0.25, 0.3) is 11.3 Å². The van der Waals surface area contributed by atoms with Gasteiger partial charge in [0.1, 0.15) is 17.3 Å². The van der Waals surface area contributed by atoms with Gasteiger partial charge >= 0.3 is 0 Å². The first-order valence-corrected chi connectivity index (χ1v) is 7.96. The van der Waals surface area contributed by atoms with Crippen LogP contribution in [0.5, 0.6) is 0 Å². The lowest BCUT2D eigenvalue weighted by molar-refractivity contribution is -0.126. The molecular weight excluding hydrogens is 327 g/mol. The summed E-state index contributed by atoms with van der Waals surface area (Å²) in [4.78, 5) is 23.2. The lowest BCUT2D eigenvalue weighted by atomic mass is 10.1. The van der Waals surface area contributed by atoms with Crippen LogP contribution in [0.3, 0.4) is 0 Å². The summed E-state index contributed by atoms with van der Waals surface area (Å²) in [6.45, 7) is 0.736. The molecule has 0 saturated carbocycles. The number of aryl methyl sites for hydroxylation is 1. The van der Waals surface area contributed by atoms with Crippen LogP contribution in [0.2, 0.25) is 0 Å². The third-order valence-electron chi connectivity index (χ3n) is 3.47. The van der Waals surface area contributed by atoms with E-state index in [-0.39, 0.29) is 30.6 Å². The van der Waals surface area contributed by atoms with E-state index >= 15 is 0 Å². The van der Waals surface area contributed by atoms with Gasteiger partial charge in [-0.3, -0.25) is 9.59 Å². The molecule has 1 heterocycles. The van der Waals surface area contributed by atoms with E-state index in [9.17, 15) is 14.0 Å². The van der Waals surface area contributed by atoms with Crippen LogP contribution in [-0.4, -0.2) is 38.6 Å². The lowest BCUT2D eigenvalue weighted by Gasteiger charge is -2.06. The van der Waals surface area contributed by atoms with Crippen LogP contribution in [0.1, 0.15) is 12.2 Å². The molecule has 6 nitrogen and oxygen atoms in total. The number of nitrogens with one attached hydrogen (secondary N) is 2. The van der Waals surface area contributed by atoms with Crippen molar-refractivity contribution in [2.75, 3.05) is 26.8 Å². The summed E-state index contributed by atoms with van der Waals surface area (Å²) >= 11 is 0. The molecule has 0 unspecified atom stereocenters. The SMILES string of the molecule is COCCNC(=O)CNC(=O)CCc1ccc(-c2ccccc2F)o1. The van der Waals surface area contributed by atoms with Gasteiger partial charge in [-0.05, 0) is 24.3 Å². The van der Waals surface area contributed by atoms with Gasteiger partial charge in [0.2, 0.25) is 11.8 Å². The largest absolute Gasteiger partial charge is 0.461 e. The number of amides is 2. The van der Waals surface area contributed by atoms with Gasteiger partial charge in [-0.25, -0.2) is 4.39 Å². The van der Waals surface area contributed by atoms with Gasteiger partial charge in [-0.2, -0.15) is 0 Å². The van der Waals surface area contributed by atoms with E-state index in [1.165, 1.54) is 6.07 Å². The third kappa shape index (κ3) is 6.04. The highest BCUT2D eigenvalue weighted by Gasteiger charge is 2.11. The van der Waals surface area contributed by atoms with Crippen LogP contribution in [-0.2, 0) is 20.7 Å². The number of hydrogen-bond donors (Lipinski definition) is 2. The van der Waals surface area contributed by atoms with Crippen molar-refractivity contribution in [1.82, 2.24) is 10.6 Å². The van der Waals surface area contributed by atoms with E-state index in [0.29, 0.717) is 36.7 Å². The second-order valence-corrected chi connectivity index (χ2v) is 5.37. The van der Waals surface area contributed by atoms with Gasteiger partial charge in [0.05, 0.1) is 18.7 Å². The number of methoxy groups -OCH3 is 1. The first-order chi connectivity index (χ1) is 12.1. The molecule has 134 valence electrons. The summed E-state index contributed by atoms with van der Waals surface area (Å²) in [7, 11) is 1.54. The normalized spacial score (nSPS) is 10.5. The molecule has 0 atom stereocenters. The van der Waals surface area contributed by atoms with Gasteiger partial charge in [-0.15, -0.1) is 0 Å². The van der Waals surface area contributed by atoms with Crippen molar-refractivity contribution in [3.63, 3.8) is 0 Å². The van der Waals surface area contributed by atoms with Crippen molar-refractivity contribution in [3.8, 4) is 11.3 Å². The minimum Gasteiger partial charge on any atom is -0.461 e. The summed E-state index contributed by atoms with van der Waals surface area (Å²) in [6.07, 6.45) is 0.543. The van der Waals surface area contributed by atoms with Crippen LogP contribution in [0, 0.1) is 5.82 Å². The van der Waals surface area contributed by atoms with Gasteiger partial charge in [0, 0.05) is 26.5 Å². The summed E-state index contributed by atoms with van der Waals surface area (Å²) in [6, 6.07) is 9.72. The van der Waals surface area contributed by atoms with E-state index < -0.39 is 0 Å². The molecule has 0 spiro atoms. The summed E-state index contributed by atoms with van der Waals surface area (Å²) in [5, 5.41) is 5.14. The highest BCUT2D eigenvalue weighted by Crippen LogP contribution is 2.25. The highest BCUT2D eigenvalue weighted by atomic mass is 19.1. The Morgan fingerprint density at radius 3 is 2.68 bits per heavy atom. The Hall–Kier alpha value is -2.67. The van der Waals surface area contributed by atoms with Crippen molar-refractivity contribution < 1.29 is 23.1 Å². The van der Waals surface area contributed by atoms with Crippen molar-refractivity contribution in [2.24, 2.45) is 0 Å². The Bertz CT molecular complexity index is 715. The van der Waals surface area contributed by atoms with Crippen LogP contribution < -0.4 is 10.6 Å². The maximum Gasteiger partial charge on any atom is 0.239 e. The zero-order valence-corrected chi connectivity index (χ0v) is 14.0. The topological polar surface area (TPSA) is 80.6 Å². The molecule has 2 N–H and O–H groups in total. The lowest BCUT2D eigenvalue weighted by Crippen LogP contribution is -2.38. The average Bonchev–Trinajstić information content (AvgIpc) is 3.07. The van der Waals surface area contributed by atoms with E-state index in [4.69, 9.17) is 9.15 Å². The number of carbonyl (C=O) groups excluding carboxylic acids is 2. The predicted octanol–water partition coefficient (Wildman–Crippen LogP) is 1.90. The third-order valence-corrected chi connectivity index (χ3v) is 3.47. The second-order valence-electron chi connectivity index (χ2n) is 5.37. The molecule has 0 aliphatic heterocycles. The molecular formula is C18H21FN2O4. The van der Waals surface area contributed by atoms with Crippen LogP contribution >= 0.6 is 0 Å². The molecule has 0 radical (unpaired) electrons. The highest BCUT2D eigenvalue weighted by molar-refractivity contribution is 5.84. The number of rotatable bonds is 9. The second kappa shape index (κ2) is 9.58. The predicted molar refractivity (Wildman–Crippen MR) is 90.3 cm³/mol. The first-order valence-electron chi connectivity index (χ1n) is 7.96. The zero-order valence-electron chi connectivity index (χ0n) is 14.0. The Morgan fingerprint density at radius 1 is 1.12 bits per heavy atom. The monoisotopic (exact) mass is 348 g/mol. The zero-order chi connectivity index (χ0) is 18.1. The molecule has 0 bridgehead atoms. The fourth-order valence-corrected chi connectivity index (χ4v) is 2.18. The molecule has 1 aromatic heterocycles. The molecule has 0 saturated heterocycles. The van der Waals surface area contributed by atoms with E-state index in [2.05, 4.69) is 10.6 Å². The van der Waals surface area contributed by atoms with Crippen molar-refractivity contribution >= 4 is 11.8 Å². The summed E-state index contributed by atoms with van der Waals surface area (Å²) in [5.74, 6) is 0.112. The van der Waals surface area contributed by atoms with Crippen molar-refractivity contribution in [1.29, 1.82) is 0 Å². The van der Waals surface area contributed by atoms with Crippen molar-refractivity contribution in [2.45, 2.75) is 12.8 Å². The average molecular weight is 348 g/mol. The maximum atomic E-state index is 13.7. The van der Waals surface area contributed by atoms with Gasteiger partial charge < -0.3 is 19.8 Å². The maximum absolute atomic E-state index is 13.7. The number of hydrogen-bond acceptors (Lipinski definition) is 4. The molecule has 2 aromatic rings. The smallest absolute Gasteiger partial charge is 0.239 e. The van der Waals surface area contributed by atoms with Crippen molar-refractivity contribution in [3.05, 3.63) is 48.0 Å². The fraction of sp³-hybridized carbons (Fsp3) is 0.333.